The molecular weight excluding hydrogens is 480 g/mol. The molecule has 2 aromatic carbocycles. The summed E-state index contributed by atoms with van der Waals surface area (Å²) in [7, 11) is 0. The van der Waals surface area contributed by atoms with Gasteiger partial charge in [-0.05, 0) is 61.4 Å². The van der Waals surface area contributed by atoms with Gasteiger partial charge >= 0.3 is 11.9 Å². The van der Waals surface area contributed by atoms with Crippen LogP contribution in [0.2, 0.25) is 0 Å². The molecule has 0 atom stereocenters. The Morgan fingerprint density at radius 1 is 0.632 bits per heavy atom. The molecule has 0 fully saturated rings. The van der Waals surface area contributed by atoms with Gasteiger partial charge in [-0.15, -0.1) is 26.3 Å². The molecule has 0 aliphatic carbocycles. The van der Waals surface area contributed by atoms with E-state index in [1.54, 1.807) is 38.5 Å². The lowest BCUT2D eigenvalue weighted by molar-refractivity contribution is -0.139. The first kappa shape index (κ1) is 33.4. The SMILES string of the molecule is C=C.C=C.C=C(C)C(=O)OCC/C=C/Oc1ccc(-c2ccc(O/C=C/CCOC(=O)C(=C)C)cc2)cc1. The van der Waals surface area contributed by atoms with Crippen molar-refractivity contribution in [3.05, 3.63) is 124 Å². The summed E-state index contributed by atoms with van der Waals surface area (Å²) in [5.74, 6) is 0.635. The number of carbonyl (C=O) groups excluding carboxylic acids is 2. The molecule has 6 heteroatoms. The van der Waals surface area contributed by atoms with Crippen LogP contribution >= 0.6 is 0 Å². The van der Waals surface area contributed by atoms with Gasteiger partial charge < -0.3 is 18.9 Å². The monoisotopic (exact) mass is 518 g/mol. The largest absolute Gasteiger partial charge is 0.465 e. The van der Waals surface area contributed by atoms with Gasteiger partial charge in [-0.3, -0.25) is 0 Å². The molecule has 0 saturated heterocycles. The van der Waals surface area contributed by atoms with E-state index < -0.39 is 0 Å². The van der Waals surface area contributed by atoms with Crippen molar-refractivity contribution in [3.8, 4) is 22.6 Å². The summed E-state index contributed by atoms with van der Waals surface area (Å²) in [6, 6.07) is 15.4. The zero-order valence-corrected chi connectivity index (χ0v) is 22.4. The summed E-state index contributed by atoms with van der Waals surface area (Å²) in [6.45, 7) is 22.9. The molecule has 0 aliphatic heterocycles. The molecule has 0 bridgehead atoms. The van der Waals surface area contributed by atoms with E-state index in [4.69, 9.17) is 18.9 Å². The fourth-order valence-electron chi connectivity index (χ4n) is 2.53. The second kappa shape index (κ2) is 20.6. The van der Waals surface area contributed by atoms with Crippen molar-refractivity contribution in [1.29, 1.82) is 0 Å². The molecule has 0 N–H and O–H groups in total. The van der Waals surface area contributed by atoms with Crippen molar-refractivity contribution in [2.45, 2.75) is 26.7 Å². The van der Waals surface area contributed by atoms with Crippen LogP contribution in [0.25, 0.3) is 11.1 Å². The van der Waals surface area contributed by atoms with Crippen molar-refractivity contribution < 1.29 is 28.5 Å². The maximum absolute atomic E-state index is 11.3. The van der Waals surface area contributed by atoms with Crippen LogP contribution < -0.4 is 9.47 Å². The van der Waals surface area contributed by atoms with Crippen molar-refractivity contribution in [1.82, 2.24) is 0 Å². The maximum atomic E-state index is 11.3. The van der Waals surface area contributed by atoms with Gasteiger partial charge in [0.1, 0.15) is 11.5 Å². The number of hydrogen-bond acceptors (Lipinski definition) is 6. The van der Waals surface area contributed by atoms with E-state index >= 15 is 0 Å². The molecule has 0 spiro atoms. The Hall–Kier alpha value is -4.58. The third-order valence-electron chi connectivity index (χ3n) is 4.37. The first-order valence-electron chi connectivity index (χ1n) is 11.9. The minimum atomic E-state index is -0.389. The lowest BCUT2D eigenvalue weighted by atomic mass is 10.1. The summed E-state index contributed by atoms with van der Waals surface area (Å²) in [5.41, 5.74) is 2.86. The van der Waals surface area contributed by atoms with Crippen molar-refractivity contribution in [2.75, 3.05) is 13.2 Å². The molecule has 0 saturated carbocycles. The third-order valence-corrected chi connectivity index (χ3v) is 4.37. The molecule has 0 radical (unpaired) electrons. The van der Waals surface area contributed by atoms with Gasteiger partial charge in [0.15, 0.2) is 0 Å². The quantitative estimate of drug-likeness (QED) is 0.0887. The maximum Gasteiger partial charge on any atom is 0.333 e. The molecule has 0 aromatic heterocycles. The van der Waals surface area contributed by atoms with E-state index in [1.807, 2.05) is 48.5 Å². The molecule has 2 rings (SSSR count). The average Bonchev–Trinajstić information content (AvgIpc) is 2.95. The van der Waals surface area contributed by atoms with Gasteiger partial charge in [0.2, 0.25) is 0 Å². The van der Waals surface area contributed by atoms with Crippen LogP contribution in [0.5, 0.6) is 11.5 Å². The summed E-state index contributed by atoms with van der Waals surface area (Å²) in [4.78, 5) is 22.6. The molecule has 38 heavy (non-hydrogen) atoms. The zero-order chi connectivity index (χ0) is 28.8. The second-order valence-corrected chi connectivity index (χ2v) is 7.44. The fourth-order valence-corrected chi connectivity index (χ4v) is 2.53. The predicted molar refractivity (Wildman–Crippen MR) is 155 cm³/mol. The Kier molecular flexibility index (Phi) is 18.1. The standard InChI is InChI=1S/C28H30O6.2C2H4/c1-21(2)27(29)33-19-7-5-17-31-25-13-9-23(10-14-25)24-11-15-26(16-12-24)32-18-6-8-20-34-28(30)22(3)4;2*1-2/h5-6,9-18H,1,3,7-8,19-20H2,2,4H3;2*1-2H2/b17-5+,18-6+;;. The Morgan fingerprint density at radius 3 is 1.24 bits per heavy atom. The smallest absolute Gasteiger partial charge is 0.333 e. The van der Waals surface area contributed by atoms with E-state index in [0.29, 0.717) is 35.5 Å². The van der Waals surface area contributed by atoms with Gasteiger partial charge in [0.05, 0.1) is 25.7 Å². The van der Waals surface area contributed by atoms with E-state index in [2.05, 4.69) is 39.5 Å². The lowest BCUT2D eigenvalue weighted by Gasteiger charge is -2.06. The fraction of sp³-hybridized carbons (Fsp3) is 0.188. The van der Waals surface area contributed by atoms with E-state index in [-0.39, 0.29) is 25.2 Å². The molecule has 6 nitrogen and oxygen atoms in total. The van der Waals surface area contributed by atoms with E-state index in [9.17, 15) is 9.59 Å². The number of carbonyl (C=O) groups is 2. The number of benzene rings is 2. The topological polar surface area (TPSA) is 71.1 Å². The van der Waals surface area contributed by atoms with Gasteiger partial charge in [-0.25, -0.2) is 9.59 Å². The Bertz CT molecular complexity index is 975. The highest BCUT2D eigenvalue weighted by Crippen LogP contribution is 2.25. The molecule has 0 aliphatic rings. The molecule has 0 amide bonds. The Balaban J connectivity index is 0.00000326. The molecule has 2 aromatic rings. The van der Waals surface area contributed by atoms with Gasteiger partial charge in [0.25, 0.3) is 0 Å². The summed E-state index contributed by atoms with van der Waals surface area (Å²) in [6.07, 6.45) is 7.86. The van der Waals surface area contributed by atoms with Crippen LogP contribution in [0.4, 0.5) is 0 Å². The number of rotatable bonds is 13. The molecule has 202 valence electrons. The van der Waals surface area contributed by atoms with Crippen LogP contribution in [-0.2, 0) is 19.1 Å². The number of hydrogen-bond donors (Lipinski definition) is 0. The van der Waals surface area contributed by atoms with Crippen molar-refractivity contribution >= 4 is 11.9 Å². The van der Waals surface area contributed by atoms with Crippen LogP contribution in [0.3, 0.4) is 0 Å². The van der Waals surface area contributed by atoms with Gasteiger partial charge in [-0.2, -0.15) is 0 Å². The number of ether oxygens (including phenoxy) is 4. The average molecular weight is 519 g/mol. The minimum absolute atomic E-state index is 0.283. The minimum Gasteiger partial charge on any atom is -0.465 e. The van der Waals surface area contributed by atoms with Gasteiger partial charge in [-0.1, -0.05) is 37.4 Å². The first-order chi connectivity index (χ1) is 18.4. The van der Waals surface area contributed by atoms with Crippen LogP contribution in [0.1, 0.15) is 26.7 Å². The highest BCUT2D eigenvalue weighted by Gasteiger charge is 2.02. The zero-order valence-electron chi connectivity index (χ0n) is 22.4. The Morgan fingerprint density at radius 2 is 0.947 bits per heavy atom. The van der Waals surface area contributed by atoms with Crippen molar-refractivity contribution in [2.24, 2.45) is 0 Å². The molecule has 0 heterocycles. The highest BCUT2D eigenvalue weighted by molar-refractivity contribution is 5.87. The first-order valence-corrected chi connectivity index (χ1v) is 11.9. The van der Waals surface area contributed by atoms with Crippen LogP contribution in [-0.4, -0.2) is 25.2 Å². The summed E-state index contributed by atoms with van der Waals surface area (Å²) in [5, 5.41) is 0. The predicted octanol–water partition coefficient (Wildman–Crippen LogP) is 7.76. The summed E-state index contributed by atoms with van der Waals surface area (Å²) < 4.78 is 21.1. The van der Waals surface area contributed by atoms with Gasteiger partial charge in [0, 0.05) is 24.0 Å². The Labute approximate surface area is 226 Å². The lowest BCUT2D eigenvalue weighted by Crippen LogP contribution is -2.05. The highest BCUT2D eigenvalue weighted by atomic mass is 16.5. The molecule has 0 unspecified atom stereocenters. The van der Waals surface area contributed by atoms with E-state index in [1.165, 1.54) is 0 Å². The van der Waals surface area contributed by atoms with E-state index in [0.717, 1.165) is 11.1 Å². The summed E-state index contributed by atoms with van der Waals surface area (Å²) >= 11 is 0. The third kappa shape index (κ3) is 14.1. The van der Waals surface area contributed by atoms with Crippen LogP contribution in [0.15, 0.2) is 124 Å². The second-order valence-electron chi connectivity index (χ2n) is 7.44. The van der Waals surface area contributed by atoms with Crippen LogP contribution in [0, 0.1) is 0 Å². The number of esters is 2. The molecular formula is C32H38O6. The van der Waals surface area contributed by atoms with Crippen molar-refractivity contribution in [3.63, 3.8) is 0 Å². The normalized spacial score (nSPS) is 9.84.